The fraction of sp³-hybridized carbons (Fsp3) is 0.480. The molecule has 0 amide bonds. The van der Waals surface area contributed by atoms with Gasteiger partial charge in [0.2, 0.25) is 16.0 Å². The number of benzene rings is 1. The molecule has 16 heteroatoms. The van der Waals surface area contributed by atoms with Crippen LogP contribution < -0.4 is 10.6 Å². The van der Waals surface area contributed by atoms with E-state index in [0.29, 0.717) is 30.6 Å². The van der Waals surface area contributed by atoms with Gasteiger partial charge in [-0.3, -0.25) is 0 Å². The quantitative estimate of drug-likeness (QED) is 0.367. The second-order valence-electron chi connectivity index (χ2n) is 10.2. The molecule has 2 aliphatic rings. The number of sulfonamides is 1. The first-order valence-electron chi connectivity index (χ1n) is 12.8. The number of imidazole rings is 1. The van der Waals surface area contributed by atoms with Crippen LogP contribution in [0.15, 0.2) is 36.9 Å². The van der Waals surface area contributed by atoms with Crippen LogP contribution in [-0.2, 0) is 28.9 Å². The van der Waals surface area contributed by atoms with Crippen molar-refractivity contribution in [2.24, 2.45) is 0 Å². The third-order valence-electron chi connectivity index (χ3n) is 6.99. The lowest BCUT2D eigenvalue weighted by molar-refractivity contribution is -0.138. The third kappa shape index (κ3) is 6.98. The Hall–Kier alpha value is -3.24. The van der Waals surface area contributed by atoms with Gasteiger partial charge in [-0.1, -0.05) is 6.07 Å². The normalized spacial score (nSPS) is 17.6. The predicted molar refractivity (Wildman–Crippen MR) is 138 cm³/mol. The van der Waals surface area contributed by atoms with Gasteiger partial charge in [0.1, 0.15) is 17.0 Å². The van der Waals surface area contributed by atoms with Crippen molar-refractivity contribution in [2.75, 3.05) is 24.7 Å². The summed E-state index contributed by atoms with van der Waals surface area (Å²) in [4.78, 5) is 11.8. The van der Waals surface area contributed by atoms with Crippen molar-refractivity contribution in [1.82, 2.24) is 29.1 Å². The van der Waals surface area contributed by atoms with Crippen LogP contribution in [0.25, 0.3) is 17.1 Å². The number of aromatic nitrogens is 4. The topological polar surface area (TPSA) is 105 Å². The summed E-state index contributed by atoms with van der Waals surface area (Å²) in [6, 6.07) is 3.82. The molecule has 9 nitrogen and oxygen atoms in total. The second kappa shape index (κ2) is 10.9. The Balaban J connectivity index is 1.43. The Labute approximate surface area is 232 Å². The van der Waals surface area contributed by atoms with Crippen LogP contribution in [0.1, 0.15) is 42.4 Å². The van der Waals surface area contributed by atoms with Gasteiger partial charge in [0, 0.05) is 44.1 Å². The van der Waals surface area contributed by atoms with Crippen LogP contribution >= 0.6 is 0 Å². The molecule has 3 aromatic rings. The van der Waals surface area contributed by atoms with Gasteiger partial charge in [-0.15, -0.1) is 0 Å². The van der Waals surface area contributed by atoms with Crippen molar-refractivity contribution in [3.63, 3.8) is 0 Å². The van der Waals surface area contributed by atoms with Gasteiger partial charge in [0.05, 0.1) is 23.8 Å². The van der Waals surface area contributed by atoms with E-state index in [-0.39, 0.29) is 43.0 Å². The Bertz CT molecular complexity index is 1510. The molecule has 1 saturated carbocycles. The summed E-state index contributed by atoms with van der Waals surface area (Å²) in [6.45, 7) is 0.721. The minimum atomic E-state index is -4.86. The average molecular weight is 604 g/mol. The molecule has 0 bridgehead atoms. The van der Waals surface area contributed by atoms with E-state index in [1.54, 1.807) is 0 Å². The first-order chi connectivity index (χ1) is 19.2. The van der Waals surface area contributed by atoms with E-state index in [4.69, 9.17) is 0 Å². The van der Waals surface area contributed by atoms with Crippen LogP contribution in [0.5, 0.6) is 0 Å². The fourth-order valence-corrected chi connectivity index (χ4v) is 5.51. The maximum atomic E-state index is 14.0. The standard InChI is InChI=1S/C25H27F6N7O2S/c1-41(39,40)38-8-6-17(7-9-38)35-23-33-12-19(25(29,30)31)22(36-23)20-13-37(14-34-20)21-5-2-15(11-32-16-3-4-16)10-18(21)24(26,27)28/h2,5,10,12-14,16-17,32H,3-4,6-9,11H2,1H3,(H,33,35,36). The number of halogens is 6. The van der Waals surface area contributed by atoms with Crippen LogP contribution in [0, 0.1) is 0 Å². The summed E-state index contributed by atoms with van der Waals surface area (Å²) in [6.07, 6.45) is -3.08. The molecular weight excluding hydrogens is 576 g/mol. The summed E-state index contributed by atoms with van der Waals surface area (Å²) in [5.74, 6) is -0.135. The zero-order valence-electron chi connectivity index (χ0n) is 21.8. The summed E-state index contributed by atoms with van der Waals surface area (Å²) in [5.41, 5.74) is -2.88. The van der Waals surface area contributed by atoms with Gasteiger partial charge < -0.3 is 15.2 Å². The number of hydrogen-bond acceptors (Lipinski definition) is 7. The summed E-state index contributed by atoms with van der Waals surface area (Å²) < 4.78 is 109. The van der Waals surface area contributed by atoms with E-state index < -0.39 is 39.2 Å². The van der Waals surface area contributed by atoms with E-state index in [2.05, 4.69) is 25.6 Å². The molecule has 1 saturated heterocycles. The first kappa shape index (κ1) is 29.3. The second-order valence-corrected chi connectivity index (χ2v) is 12.2. The highest BCUT2D eigenvalue weighted by Crippen LogP contribution is 2.38. The molecule has 5 rings (SSSR count). The molecule has 3 heterocycles. The average Bonchev–Trinajstić information content (AvgIpc) is 3.59. The number of hydrogen-bond donors (Lipinski definition) is 2. The molecule has 0 spiro atoms. The van der Waals surface area contributed by atoms with E-state index in [0.717, 1.165) is 42.3 Å². The molecule has 2 N–H and O–H groups in total. The molecule has 2 fully saturated rings. The van der Waals surface area contributed by atoms with Gasteiger partial charge in [-0.05, 0) is 43.4 Å². The SMILES string of the molecule is CS(=O)(=O)N1CCC(Nc2ncc(C(F)(F)F)c(-c3cn(-c4ccc(CNC5CC5)cc4C(F)(F)F)cn3)n2)CC1. The highest BCUT2D eigenvalue weighted by Gasteiger charge is 2.37. The maximum absolute atomic E-state index is 14.0. The van der Waals surface area contributed by atoms with Crippen molar-refractivity contribution < 1.29 is 34.8 Å². The van der Waals surface area contributed by atoms with Crippen molar-refractivity contribution in [1.29, 1.82) is 0 Å². The van der Waals surface area contributed by atoms with Crippen LogP contribution in [-0.4, -0.2) is 63.7 Å². The number of nitrogens with zero attached hydrogens (tertiary/aromatic N) is 5. The zero-order valence-corrected chi connectivity index (χ0v) is 22.6. The first-order valence-corrected chi connectivity index (χ1v) is 14.7. The van der Waals surface area contributed by atoms with E-state index in [1.165, 1.54) is 16.4 Å². The van der Waals surface area contributed by atoms with Crippen molar-refractivity contribution >= 4 is 16.0 Å². The van der Waals surface area contributed by atoms with Crippen molar-refractivity contribution in [3.05, 3.63) is 53.6 Å². The number of alkyl halides is 6. The lowest BCUT2D eigenvalue weighted by atomic mass is 10.1. The highest BCUT2D eigenvalue weighted by atomic mass is 32.2. The molecule has 41 heavy (non-hydrogen) atoms. The number of rotatable bonds is 8. The van der Waals surface area contributed by atoms with E-state index in [9.17, 15) is 34.8 Å². The molecule has 1 aliphatic carbocycles. The van der Waals surface area contributed by atoms with E-state index >= 15 is 0 Å². The Morgan fingerprint density at radius 3 is 2.24 bits per heavy atom. The Kier molecular flexibility index (Phi) is 7.76. The molecular formula is C25H27F6N7O2S. The molecule has 222 valence electrons. The number of anilines is 1. The number of nitrogens with one attached hydrogen (secondary N) is 2. The lowest BCUT2D eigenvalue weighted by Gasteiger charge is -2.30. The van der Waals surface area contributed by atoms with Gasteiger partial charge in [0.25, 0.3) is 0 Å². The molecule has 0 radical (unpaired) electrons. The molecule has 1 aliphatic heterocycles. The summed E-state index contributed by atoms with van der Waals surface area (Å²) in [7, 11) is -3.36. The van der Waals surface area contributed by atoms with Gasteiger partial charge in [0.15, 0.2) is 0 Å². The van der Waals surface area contributed by atoms with Gasteiger partial charge >= 0.3 is 12.4 Å². The monoisotopic (exact) mass is 603 g/mol. The van der Waals surface area contributed by atoms with Gasteiger partial charge in [-0.25, -0.2) is 27.7 Å². The highest BCUT2D eigenvalue weighted by molar-refractivity contribution is 7.88. The Morgan fingerprint density at radius 1 is 0.951 bits per heavy atom. The molecule has 0 atom stereocenters. The minimum absolute atomic E-state index is 0.135. The van der Waals surface area contributed by atoms with Crippen LogP contribution in [0.3, 0.4) is 0 Å². The smallest absolute Gasteiger partial charge is 0.351 e. The van der Waals surface area contributed by atoms with Crippen molar-refractivity contribution in [3.8, 4) is 17.1 Å². The lowest BCUT2D eigenvalue weighted by Crippen LogP contribution is -2.42. The van der Waals surface area contributed by atoms with Crippen molar-refractivity contribution in [2.45, 2.75) is 56.7 Å². The maximum Gasteiger partial charge on any atom is 0.420 e. The van der Waals surface area contributed by atoms with E-state index in [1.807, 2.05) is 0 Å². The minimum Gasteiger partial charge on any atom is -0.351 e. The largest absolute Gasteiger partial charge is 0.420 e. The molecule has 0 unspecified atom stereocenters. The number of piperidine rings is 1. The third-order valence-corrected chi connectivity index (χ3v) is 8.30. The van der Waals surface area contributed by atoms with Crippen LogP contribution in [0.2, 0.25) is 0 Å². The Morgan fingerprint density at radius 2 is 1.63 bits per heavy atom. The molecule has 1 aromatic carbocycles. The summed E-state index contributed by atoms with van der Waals surface area (Å²) in [5, 5.41) is 6.10. The summed E-state index contributed by atoms with van der Waals surface area (Å²) >= 11 is 0. The predicted octanol–water partition coefficient (Wildman–Crippen LogP) is 4.45. The molecule has 2 aromatic heterocycles. The zero-order chi connectivity index (χ0) is 29.6. The fourth-order valence-electron chi connectivity index (χ4n) is 4.64. The van der Waals surface area contributed by atoms with Crippen LogP contribution in [0.4, 0.5) is 32.3 Å². The van der Waals surface area contributed by atoms with Gasteiger partial charge in [-0.2, -0.15) is 26.3 Å².